The minimum absolute atomic E-state index is 0.0594. The summed E-state index contributed by atoms with van der Waals surface area (Å²) in [5.41, 5.74) is 1.04. The first kappa shape index (κ1) is 17.3. The monoisotopic (exact) mass is 378 g/mol. The van der Waals surface area contributed by atoms with Crippen LogP contribution in [-0.2, 0) is 0 Å². The third kappa shape index (κ3) is 2.94. The number of benzene rings is 2. The number of carbonyl (C=O) groups excluding carboxylic acids is 2. The summed E-state index contributed by atoms with van der Waals surface area (Å²) < 4.78 is 11.9. The summed E-state index contributed by atoms with van der Waals surface area (Å²) in [5, 5.41) is 0. The van der Waals surface area contributed by atoms with Gasteiger partial charge in [0.25, 0.3) is 11.8 Å². The number of piperidine rings is 1. The molecule has 2 aromatic carbocycles. The number of imide groups is 1. The number of nitrogens with zero attached hydrogens (tertiary/aromatic N) is 2. The number of amides is 2. The van der Waals surface area contributed by atoms with Crippen LogP contribution in [0, 0.1) is 0 Å². The van der Waals surface area contributed by atoms with Crippen LogP contribution >= 0.6 is 0 Å². The van der Waals surface area contributed by atoms with Gasteiger partial charge in [0.15, 0.2) is 11.5 Å². The van der Waals surface area contributed by atoms with E-state index in [0.717, 1.165) is 30.9 Å². The molecule has 6 heteroatoms. The molecule has 0 aromatic heterocycles. The predicted octanol–water partition coefficient (Wildman–Crippen LogP) is 2.59. The standard InChI is InChI=1S/C22H22N2O4/c25-21-17-7-1-2-8-18(17)22(26)24(21)15-6-5-11-23(12-15)13-16-14-27-19-9-3-4-10-20(19)28-16/h1-4,7-10,15-16H,5-6,11-14H2/t15-,16-/m0/s1. The normalized spacial score (nSPS) is 24.4. The van der Waals surface area contributed by atoms with Crippen molar-refractivity contribution < 1.29 is 19.1 Å². The molecule has 3 heterocycles. The molecule has 3 aliphatic rings. The van der Waals surface area contributed by atoms with E-state index < -0.39 is 0 Å². The van der Waals surface area contributed by atoms with E-state index in [-0.39, 0.29) is 24.0 Å². The fourth-order valence-corrected chi connectivity index (χ4v) is 4.39. The van der Waals surface area contributed by atoms with Gasteiger partial charge in [-0.3, -0.25) is 19.4 Å². The summed E-state index contributed by atoms with van der Waals surface area (Å²) in [4.78, 5) is 29.3. The van der Waals surface area contributed by atoms with Crippen molar-refractivity contribution in [3.8, 4) is 11.5 Å². The summed E-state index contributed by atoms with van der Waals surface area (Å²) in [5.74, 6) is 1.21. The number of carbonyl (C=O) groups is 2. The number of para-hydroxylation sites is 2. The van der Waals surface area contributed by atoms with Gasteiger partial charge in [0.05, 0.1) is 17.2 Å². The molecule has 0 spiro atoms. The van der Waals surface area contributed by atoms with Gasteiger partial charge < -0.3 is 9.47 Å². The molecule has 28 heavy (non-hydrogen) atoms. The summed E-state index contributed by atoms with van der Waals surface area (Å²) in [6.07, 6.45) is 1.73. The van der Waals surface area contributed by atoms with Gasteiger partial charge in [-0.25, -0.2) is 0 Å². The number of fused-ring (bicyclic) bond motifs is 2. The fourth-order valence-electron chi connectivity index (χ4n) is 4.39. The second-order valence-corrected chi connectivity index (χ2v) is 7.58. The van der Waals surface area contributed by atoms with E-state index in [1.807, 2.05) is 24.3 Å². The van der Waals surface area contributed by atoms with Crippen molar-refractivity contribution in [2.45, 2.75) is 25.0 Å². The van der Waals surface area contributed by atoms with Crippen LogP contribution in [0.25, 0.3) is 0 Å². The Balaban J connectivity index is 1.26. The highest BCUT2D eigenvalue weighted by Crippen LogP contribution is 2.32. The Bertz CT molecular complexity index is 893. The van der Waals surface area contributed by atoms with Gasteiger partial charge in [0, 0.05) is 13.1 Å². The maximum atomic E-state index is 12.8. The number of hydrogen-bond acceptors (Lipinski definition) is 5. The molecule has 2 amide bonds. The van der Waals surface area contributed by atoms with E-state index >= 15 is 0 Å². The first-order valence-corrected chi connectivity index (χ1v) is 9.78. The highest BCUT2D eigenvalue weighted by atomic mass is 16.6. The van der Waals surface area contributed by atoms with Crippen LogP contribution in [0.5, 0.6) is 11.5 Å². The molecule has 1 saturated heterocycles. The lowest BCUT2D eigenvalue weighted by Crippen LogP contribution is -2.52. The van der Waals surface area contributed by atoms with Crippen LogP contribution in [-0.4, -0.2) is 60.0 Å². The zero-order valence-electron chi connectivity index (χ0n) is 15.5. The maximum absolute atomic E-state index is 12.8. The second kappa shape index (κ2) is 6.95. The Kier molecular flexibility index (Phi) is 4.28. The minimum Gasteiger partial charge on any atom is -0.486 e. The van der Waals surface area contributed by atoms with Crippen molar-refractivity contribution in [1.82, 2.24) is 9.80 Å². The largest absolute Gasteiger partial charge is 0.486 e. The molecular weight excluding hydrogens is 356 g/mol. The van der Waals surface area contributed by atoms with E-state index in [9.17, 15) is 9.59 Å². The first-order valence-electron chi connectivity index (χ1n) is 9.78. The average molecular weight is 378 g/mol. The van der Waals surface area contributed by atoms with E-state index in [0.29, 0.717) is 30.8 Å². The van der Waals surface area contributed by atoms with Crippen LogP contribution in [0.4, 0.5) is 0 Å². The van der Waals surface area contributed by atoms with Gasteiger partial charge in [-0.05, 0) is 43.7 Å². The summed E-state index contributed by atoms with van der Waals surface area (Å²) in [6, 6.07) is 14.7. The Morgan fingerprint density at radius 1 is 0.929 bits per heavy atom. The Hall–Kier alpha value is -2.86. The van der Waals surface area contributed by atoms with Crippen LogP contribution in [0.3, 0.4) is 0 Å². The van der Waals surface area contributed by atoms with Crippen molar-refractivity contribution in [2.75, 3.05) is 26.2 Å². The van der Waals surface area contributed by atoms with E-state index in [1.165, 1.54) is 4.90 Å². The van der Waals surface area contributed by atoms with Gasteiger partial charge in [0.2, 0.25) is 0 Å². The fraction of sp³-hybridized carbons (Fsp3) is 0.364. The predicted molar refractivity (Wildman–Crippen MR) is 103 cm³/mol. The highest BCUT2D eigenvalue weighted by molar-refractivity contribution is 6.21. The van der Waals surface area contributed by atoms with Gasteiger partial charge in [-0.2, -0.15) is 0 Å². The molecule has 144 valence electrons. The highest BCUT2D eigenvalue weighted by Gasteiger charge is 2.41. The molecule has 2 aromatic rings. The summed E-state index contributed by atoms with van der Waals surface area (Å²) >= 11 is 0. The zero-order chi connectivity index (χ0) is 19.1. The molecule has 0 bridgehead atoms. The van der Waals surface area contributed by atoms with E-state index in [2.05, 4.69) is 4.90 Å². The lowest BCUT2D eigenvalue weighted by molar-refractivity contribution is 0.0300. The third-order valence-electron chi connectivity index (χ3n) is 5.70. The SMILES string of the molecule is O=C1c2ccccc2C(=O)N1[C@H]1CCCN(C[C@H]2COc3ccccc3O2)C1. The van der Waals surface area contributed by atoms with Crippen molar-refractivity contribution in [3.05, 3.63) is 59.7 Å². The number of rotatable bonds is 3. The summed E-state index contributed by atoms with van der Waals surface area (Å²) in [6.45, 7) is 2.83. The number of likely N-dealkylation sites (tertiary alicyclic amines) is 1. The Morgan fingerprint density at radius 2 is 1.61 bits per heavy atom. The van der Waals surface area contributed by atoms with Crippen molar-refractivity contribution >= 4 is 11.8 Å². The molecule has 0 unspecified atom stereocenters. The third-order valence-corrected chi connectivity index (χ3v) is 5.70. The van der Waals surface area contributed by atoms with Crippen LogP contribution < -0.4 is 9.47 Å². The number of hydrogen-bond donors (Lipinski definition) is 0. The summed E-state index contributed by atoms with van der Waals surface area (Å²) in [7, 11) is 0. The molecule has 2 atom stereocenters. The van der Waals surface area contributed by atoms with Gasteiger partial charge >= 0.3 is 0 Å². The second-order valence-electron chi connectivity index (χ2n) is 7.58. The molecule has 0 radical (unpaired) electrons. The van der Waals surface area contributed by atoms with Crippen LogP contribution in [0.2, 0.25) is 0 Å². The Labute approximate surface area is 163 Å². The van der Waals surface area contributed by atoms with Crippen molar-refractivity contribution in [3.63, 3.8) is 0 Å². The smallest absolute Gasteiger partial charge is 0.261 e. The lowest BCUT2D eigenvalue weighted by Gasteiger charge is -2.38. The molecule has 0 N–H and O–H groups in total. The first-order chi connectivity index (χ1) is 13.7. The molecule has 5 rings (SSSR count). The average Bonchev–Trinajstić information content (AvgIpc) is 2.99. The lowest BCUT2D eigenvalue weighted by atomic mass is 10.0. The van der Waals surface area contributed by atoms with Crippen molar-refractivity contribution in [2.24, 2.45) is 0 Å². The molecular formula is C22H22N2O4. The zero-order valence-corrected chi connectivity index (χ0v) is 15.5. The van der Waals surface area contributed by atoms with Crippen LogP contribution in [0.1, 0.15) is 33.6 Å². The molecule has 1 fully saturated rings. The number of ether oxygens (including phenoxy) is 2. The van der Waals surface area contributed by atoms with Gasteiger partial charge in [-0.1, -0.05) is 24.3 Å². The molecule has 0 saturated carbocycles. The van der Waals surface area contributed by atoms with Crippen LogP contribution in [0.15, 0.2) is 48.5 Å². The molecule has 6 nitrogen and oxygen atoms in total. The topological polar surface area (TPSA) is 59.1 Å². The van der Waals surface area contributed by atoms with E-state index in [4.69, 9.17) is 9.47 Å². The van der Waals surface area contributed by atoms with Crippen molar-refractivity contribution in [1.29, 1.82) is 0 Å². The Morgan fingerprint density at radius 3 is 2.36 bits per heavy atom. The quantitative estimate of drug-likeness (QED) is 0.769. The minimum atomic E-state index is -0.168. The van der Waals surface area contributed by atoms with Gasteiger partial charge in [0.1, 0.15) is 12.7 Å². The maximum Gasteiger partial charge on any atom is 0.261 e. The molecule has 0 aliphatic carbocycles. The van der Waals surface area contributed by atoms with Gasteiger partial charge in [-0.15, -0.1) is 0 Å². The molecule has 3 aliphatic heterocycles. The van der Waals surface area contributed by atoms with E-state index in [1.54, 1.807) is 24.3 Å².